The van der Waals surface area contributed by atoms with Gasteiger partial charge in [0.15, 0.2) is 6.04 Å². The highest BCUT2D eigenvalue weighted by Gasteiger charge is 2.30. The number of nitrogens with one attached hydrogen (secondary N) is 2. The summed E-state index contributed by atoms with van der Waals surface area (Å²) in [7, 11) is 0. The third-order valence-corrected chi connectivity index (χ3v) is 6.28. The van der Waals surface area contributed by atoms with E-state index < -0.39 is 0 Å². The molecule has 162 valence electrons. The van der Waals surface area contributed by atoms with Gasteiger partial charge in [0.05, 0.1) is 38.5 Å². The molecule has 5 heteroatoms. The molecule has 1 aliphatic heterocycles. The van der Waals surface area contributed by atoms with Gasteiger partial charge in [0.25, 0.3) is 5.91 Å². The fourth-order valence-electron chi connectivity index (χ4n) is 4.15. The minimum absolute atomic E-state index is 0.0840. The summed E-state index contributed by atoms with van der Waals surface area (Å²) in [4.78, 5) is 16.7. The summed E-state index contributed by atoms with van der Waals surface area (Å²) in [6.07, 6.45) is 1.05. The number of hydrogen-bond donors (Lipinski definition) is 2. The molecule has 0 aliphatic carbocycles. The quantitative estimate of drug-likeness (QED) is 0.702. The van der Waals surface area contributed by atoms with Gasteiger partial charge in [0.2, 0.25) is 0 Å². The zero-order valence-electron chi connectivity index (χ0n) is 18.8. The lowest BCUT2D eigenvalue weighted by Crippen LogP contribution is -3.19. The normalized spacial score (nSPS) is 16.7. The Morgan fingerprint density at radius 3 is 2.43 bits per heavy atom. The van der Waals surface area contributed by atoms with Crippen molar-refractivity contribution in [3.05, 3.63) is 54.1 Å². The number of hydrogen-bond acceptors (Lipinski definition) is 3. The maximum Gasteiger partial charge on any atom is 0.282 e. The molecule has 0 unspecified atom stereocenters. The molecule has 3 rings (SSSR count). The fraction of sp³-hybridized carbons (Fsp3) is 0.480. The van der Waals surface area contributed by atoms with Crippen molar-refractivity contribution in [1.29, 1.82) is 0 Å². The highest BCUT2D eigenvalue weighted by atomic mass is 16.5. The Morgan fingerprint density at radius 2 is 1.73 bits per heavy atom. The van der Waals surface area contributed by atoms with E-state index in [0.29, 0.717) is 12.5 Å². The summed E-state index contributed by atoms with van der Waals surface area (Å²) in [5.41, 5.74) is 3.32. The van der Waals surface area contributed by atoms with Crippen LogP contribution in [0.1, 0.15) is 45.6 Å². The van der Waals surface area contributed by atoms with Crippen LogP contribution >= 0.6 is 0 Å². The zero-order valence-corrected chi connectivity index (χ0v) is 18.8. The van der Waals surface area contributed by atoms with E-state index in [9.17, 15) is 4.79 Å². The standard InChI is InChI=1S/C25H35N3O2/c1-5-19(3)21-11-7-8-12-22(21)26-25(29)20(4)27-15-17-28(18-16-27)23-13-9-10-14-24(23)30-6-2/h7-14,19-20H,5-6,15-18H2,1-4H3,(H,26,29)/p+1/t19-,20+/m0/s1. The Bertz CT molecular complexity index is 831. The monoisotopic (exact) mass is 410 g/mol. The van der Waals surface area contributed by atoms with Crippen molar-refractivity contribution < 1.29 is 14.4 Å². The van der Waals surface area contributed by atoms with Crippen LogP contribution in [0.3, 0.4) is 0 Å². The number of quaternary nitrogens is 1. The molecule has 0 bridgehead atoms. The van der Waals surface area contributed by atoms with Crippen molar-refractivity contribution in [2.75, 3.05) is 43.0 Å². The molecule has 0 aromatic heterocycles. The molecule has 5 nitrogen and oxygen atoms in total. The second-order valence-corrected chi connectivity index (χ2v) is 8.15. The van der Waals surface area contributed by atoms with Crippen molar-refractivity contribution in [2.45, 2.75) is 46.1 Å². The Hall–Kier alpha value is -2.53. The van der Waals surface area contributed by atoms with Gasteiger partial charge in [0.1, 0.15) is 5.75 Å². The molecule has 0 spiro atoms. The maximum absolute atomic E-state index is 13.0. The molecule has 2 N–H and O–H groups in total. The first kappa shape index (κ1) is 22.2. The van der Waals surface area contributed by atoms with Gasteiger partial charge in [-0.2, -0.15) is 0 Å². The van der Waals surface area contributed by atoms with E-state index >= 15 is 0 Å². The van der Waals surface area contributed by atoms with Crippen molar-refractivity contribution in [1.82, 2.24) is 0 Å². The molecule has 2 aromatic carbocycles. The second kappa shape index (κ2) is 10.5. The van der Waals surface area contributed by atoms with Gasteiger partial charge in [-0.05, 0) is 49.9 Å². The lowest BCUT2D eigenvalue weighted by Gasteiger charge is -2.36. The minimum Gasteiger partial charge on any atom is -0.492 e. The van der Waals surface area contributed by atoms with Crippen molar-refractivity contribution >= 4 is 17.3 Å². The lowest BCUT2D eigenvalue weighted by atomic mass is 9.97. The largest absolute Gasteiger partial charge is 0.492 e. The molecule has 0 radical (unpaired) electrons. The van der Waals surface area contributed by atoms with E-state index in [1.807, 2.05) is 44.2 Å². The number of anilines is 2. The van der Waals surface area contributed by atoms with E-state index in [-0.39, 0.29) is 11.9 Å². The van der Waals surface area contributed by atoms with E-state index in [1.165, 1.54) is 10.5 Å². The van der Waals surface area contributed by atoms with Gasteiger partial charge in [-0.1, -0.05) is 44.2 Å². The Balaban J connectivity index is 1.61. The van der Waals surface area contributed by atoms with Crippen molar-refractivity contribution in [2.24, 2.45) is 0 Å². The van der Waals surface area contributed by atoms with Gasteiger partial charge in [0, 0.05) is 5.69 Å². The molecule has 1 heterocycles. The number of amides is 1. The molecule has 1 amide bonds. The molecular formula is C25H36N3O2+. The average molecular weight is 411 g/mol. The van der Waals surface area contributed by atoms with Crippen LogP contribution in [-0.2, 0) is 4.79 Å². The van der Waals surface area contributed by atoms with Crippen molar-refractivity contribution in [3.63, 3.8) is 0 Å². The zero-order chi connectivity index (χ0) is 21.5. The van der Waals surface area contributed by atoms with Crippen LogP contribution in [0.15, 0.2) is 48.5 Å². The number of benzene rings is 2. The second-order valence-electron chi connectivity index (χ2n) is 8.15. The fourth-order valence-corrected chi connectivity index (χ4v) is 4.15. The van der Waals surface area contributed by atoms with Crippen LogP contribution in [0.4, 0.5) is 11.4 Å². The average Bonchev–Trinajstić information content (AvgIpc) is 2.79. The number of carbonyl (C=O) groups excluding carboxylic acids is 1. The van der Waals surface area contributed by atoms with Crippen LogP contribution in [0.5, 0.6) is 5.75 Å². The summed E-state index contributed by atoms with van der Waals surface area (Å²) in [5.74, 6) is 1.47. The van der Waals surface area contributed by atoms with Crippen LogP contribution in [0, 0.1) is 0 Å². The van der Waals surface area contributed by atoms with Gasteiger partial charge >= 0.3 is 0 Å². The highest BCUT2D eigenvalue weighted by molar-refractivity contribution is 5.94. The van der Waals surface area contributed by atoms with Crippen LogP contribution in [0.25, 0.3) is 0 Å². The Labute approximate surface area is 181 Å². The molecule has 1 saturated heterocycles. The molecule has 0 saturated carbocycles. The van der Waals surface area contributed by atoms with Gasteiger partial charge in [-0.3, -0.25) is 4.79 Å². The summed E-state index contributed by atoms with van der Waals surface area (Å²) in [6.45, 7) is 12.8. The summed E-state index contributed by atoms with van der Waals surface area (Å²) < 4.78 is 5.80. The predicted octanol–water partition coefficient (Wildman–Crippen LogP) is 3.33. The number of para-hydroxylation sites is 3. The van der Waals surface area contributed by atoms with Crippen molar-refractivity contribution in [3.8, 4) is 5.75 Å². The third-order valence-electron chi connectivity index (χ3n) is 6.28. The SMILES string of the molecule is CCOc1ccccc1N1CC[NH+]([C@H](C)C(=O)Nc2ccccc2[C@@H](C)CC)CC1. The topological polar surface area (TPSA) is 46.0 Å². The first-order valence-electron chi connectivity index (χ1n) is 11.3. The van der Waals surface area contributed by atoms with E-state index in [1.54, 1.807) is 0 Å². The van der Waals surface area contributed by atoms with E-state index in [4.69, 9.17) is 4.74 Å². The predicted molar refractivity (Wildman–Crippen MR) is 124 cm³/mol. The van der Waals surface area contributed by atoms with Crippen LogP contribution in [-0.4, -0.2) is 44.7 Å². The van der Waals surface area contributed by atoms with Gasteiger partial charge in [-0.15, -0.1) is 0 Å². The van der Waals surface area contributed by atoms with Crippen LogP contribution in [0.2, 0.25) is 0 Å². The summed E-state index contributed by atoms with van der Waals surface area (Å²) >= 11 is 0. The number of nitrogens with zero attached hydrogens (tertiary/aromatic N) is 1. The molecule has 30 heavy (non-hydrogen) atoms. The number of piperazine rings is 1. The summed E-state index contributed by atoms with van der Waals surface area (Å²) in [5, 5.41) is 3.20. The number of carbonyl (C=O) groups is 1. The molecule has 2 atom stereocenters. The highest BCUT2D eigenvalue weighted by Crippen LogP contribution is 2.28. The third kappa shape index (κ3) is 5.14. The Kier molecular flexibility index (Phi) is 7.75. The smallest absolute Gasteiger partial charge is 0.282 e. The van der Waals surface area contributed by atoms with E-state index in [2.05, 4.69) is 42.3 Å². The number of rotatable bonds is 8. The minimum atomic E-state index is -0.0840. The van der Waals surface area contributed by atoms with E-state index in [0.717, 1.165) is 49.7 Å². The molecular weight excluding hydrogens is 374 g/mol. The van der Waals surface area contributed by atoms with Gasteiger partial charge < -0.3 is 19.9 Å². The Morgan fingerprint density at radius 1 is 1.07 bits per heavy atom. The first-order chi connectivity index (χ1) is 14.5. The molecule has 1 aliphatic rings. The molecule has 2 aromatic rings. The maximum atomic E-state index is 13.0. The van der Waals surface area contributed by atoms with Crippen LogP contribution < -0.4 is 19.9 Å². The number of ether oxygens (including phenoxy) is 1. The molecule has 1 fully saturated rings. The van der Waals surface area contributed by atoms with Gasteiger partial charge in [-0.25, -0.2) is 0 Å². The first-order valence-corrected chi connectivity index (χ1v) is 11.3. The lowest BCUT2D eigenvalue weighted by molar-refractivity contribution is -0.914. The summed E-state index contributed by atoms with van der Waals surface area (Å²) in [6, 6.07) is 16.3.